The van der Waals surface area contributed by atoms with Crippen LogP contribution in [0, 0.1) is 5.92 Å². The van der Waals surface area contributed by atoms with E-state index in [0.29, 0.717) is 19.5 Å². The predicted octanol–water partition coefficient (Wildman–Crippen LogP) is 2.86. The maximum Gasteiger partial charge on any atom is 0.410 e. The quantitative estimate of drug-likeness (QED) is 0.930. The van der Waals surface area contributed by atoms with Crippen molar-refractivity contribution in [2.75, 3.05) is 20.2 Å². The largest absolute Gasteiger partial charge is 0.497 e. The minimum Gasteiger partial charge on any atom is -0.497 e. The minimum atomic E-state index is -0.501. The molecule has 1 amide bonds. The van der Waals surface area contributed by atoms with Gasteiger partial charge in [-0.3, -0.25) is 0 Å². The Morgan fingerprint density at radius 2 is 1.96 bits per heavy atom. The van der Waals surface area contributed by atoms with Crippen molar-refractivity contribution in [2.45, 2.75) is 45.3 Å². The number of likely N-dealkylation sites (tertiary alicyclic amines) is 1. The number of carbonyl (C=O) groups excluding carboxylic acids is 1. The highest BCUT2D eigenvalue weighted by molar-refractivity contribution is 5.68. The molecule has 1 aliphatic rings. The van der Waals surface area contributed by atoms with Crippen molar-refractivity contribution in [2.24, 2.45) is 5.92 Å². The van der Waals surface area contributed by atoms with Crippen molar-refractivity contribution in [3.63, 3.8) is 0 Å². The second-order valence-corrected chi connectivity index (χ2v) is 7.09. The molecule has 0 unspecified atom stereocenters. The fourth-order valence-electron chi connectivity index (χ4n) is 2.78. The van der Waals surface area contributed by atoms with Crippen molar-refractivity contribution in [3.8, 4) is 5.75 Å². The van der Waals surface area contributed by atoms with E-state index in [4.69, 9.17) is 9.47 Å². The number of aliphatic hydroxyl groups excluding tert-OH is 1. The van der Waals surface area contributed by atoms with Crippen molar-refractivity contribution >= 4 is 6.09 Å². The molecule has 0 aromatic heterocycles. The maximum absolute atomic E-state index is 12.2. The van der Waals surface area contributed by atoms with E-state index in [1.165, 1.54) is 0 Å². The standard InChI is InChI=1S/C18H27NO4/c1-18(2,3)23-17(21)19-10-9-16(20)14(12-19)11-13-5-7-15(22-4)8-6-13/h5-8,14,16,20H,9-12H2,1-4H3/t14-,16+/m0/s1. The number of aliphatic hydroxyl groups is 1. The molecule has 5 heteroatoms. The number of ether oxygens (including phenoxy) is 2. The maximum atomic E-state index is 12.2. The van der Waals surface area contributed by atoms with Crippen molar-refractivity contribution in [1.82, 2.24) is 4.90 Å². The Balaban J connectivity index is 1.98. The molecule has 0 spiro atoms. The smallest absolute Gasteiger partial charge is 0.410 e. The van der Waals surface area contributed by atoms with Crippen LogP contribution in [0.15, 0.2) is 24.3 Å². The lowest BCUT2D eigenvalue weighted by Crippen LogP contribution is -2.48. The van der Waals surface area contributed by atoms with Gasteiger partial charge < -0.3 is 19.5 Å². The number of benzene rings is 1. The molecule has 0 aliphatic carbocycles. The molecule has 0 saturated carbocycles. The SMILES string of the molecule is COc1ccc(C[C@H]2CN(C(=O)OC(C)(C)C)CC[C@H]2O)cc1. The fraction of sp³-hybridized carbons (Fsp3) is 0.611. The molecule has 1 fully saturated rings. The first-order chi connectivity index (χ1) is 10.8. The molecule has 0 bridgehead atoms. The third-order valence-electron chi connectivity index (χ3n) is 4.00. The van der Waals surface area contributed by atoms with E-state index in [-0.39, 0.29) is 12.0 Å². The van der Waals surface area contributed by atoms with Crippen molar-refractivity contribution in [1.29, 1.82) is 0 Å². The molecule has 2 rings (SSSR count). The summed E-state index contributed by atoms with van der Waals surface area (Å²) in [5.41, 5.74) is 0.624. The Kier molecular flexibility index (Phi) is 5.52. The molecule has 1 aromatic rings. The van der Waals surface area contributed by atoms with Gasteiger partial charge in [0.25, 0.3) is 0 Å². The zero-order chi connectivity index (χ0) is 17.0. The molecule has 0 radical (unpaired) electrons. The number of nitrogens with zero attached hydrogens (tertiary/aromatic N) is 1. The van der Waals surface area contributed by atoms with Crippen LogP contribution >= 0.6 is 0 Å². The van der Waals surface area contributed by atoms with Gasteiger partial charge in [-0.15, -0.1) is 0 Å². The van der Waals surface area contributed by atoms with Gasteiger partial charge in [-0.05, 0) is 51.3 Å². The summed E-state index contributed by atoms with van der Waals surface area (Å²) in [7, 11) is 1.64. The van der Waals surface area contributed by atoms with Crippen LogP contribution in [0.4, 0.5) is 4.79 Å². The first-order valence-electron chi connectivity index (χ1n) is 8.07. The second kappa shape index (κ2) is 7.21. The van der Waals surface area contributed by atoms with E-state index < -0.39 is 11.7 Å². The van der Waals surface area contributed by atoms with Crippen LogP contribution in [0.3, 0.4) is 0 Å². The Bertz CT molecular complexity index is 521. The van der Waals surface area contributed by atoms with Crippen LogP contribution in [0.1, 0.15) is 32.8 Å². The van der Waals surface area contributed by atoms with Crippen LogP contribution in [-0.2, 0) is 11.2 Å². The van der Waals surface area contributed by atoms with Gasteiger partial charge in [0.15, 0.2) is 0 Å². The first kappa shape index (κ1) is 17.6. The summed E-state index contributed by atoms with van der Waals surface area (Å²) in [6.07, 6.45) is 0.616. The second-order valence-electron chi connectivity index (χ2n) is 7.09. The van der Waals surface area contributed by atoms with E-state index in [1.54, 1.807) is 12.0 Å². The summed E-state index contributed by atoms with van der Waals surface area (Å²) in [4.78, 5) is 13.9. The zero-order valence-electron chi connectivity index (χ0n) is 14.4. The van der Waals surface area contributed by atoms with Crippen LogP contribution in [0.25, 0.3) is 0 Å². The molecule has 1 heterocycles. The Morgan fingerprint density at radius 3 is 2.52 bits per heavy atom. The average Bonchev–Trinajstić information content (AvgIpc) is 2.48. The summed E-state index contributed by atoms with van der Waals surface area (Å²) in [5, 5.41) is 10.3. The number of rotatable bonds is 3. The number of carbonyl (C=O) groups is 1. The van der Waals surface area contributed by atoms with E-state index >= 15 is 0 Å². The zero-order valence-corrected chi connectivity index (χ0v) is 14.4. The highest BCUT2D eigenvalue weighted by Gasteiger charge is 2.32. The van der Waals surface area contributed by atoms with Crippen LogP contribution < -0.4 is 4.74 Å². The molecular formula is C18H27NO4. The Morgan fingerprint density at radius 1 is 1.30 bits per heavy atom. The van der Waals surface area contributed by atoms with E-state index in [1.807, 2.05) is 45.0 Å². The lowest BCUT2D eigenvalue weighted by molar-refractivity contribution is -0.00823. The molecule has 2 atom stereocenters. The predicted molar refractivity (Wildman–Crippen MR) is 88.6 cm³/mol. The summed E-state index contributed by atoms with van der Waals surface area (Å²) < 4.78 is 10.6. The highest BCUT2D eigenvalue weighted by atomic mass is 16.6. The number of hydrogen-bond donors (Lipinski definition) is 1. The molecule has 1 saturated heterocycles. The third-order valence-corrected chi connectivity index (χ3v) is 4.00. The van der Waals surface area contributed by atoms with Gasteiger partial charge in [-0.25, -0.2) is 4.79 Å². The molecule has 1 aromatic carbocycles. The monoisotopic (exact) mass is 321 g/mol. The minimum absolute atomic E-state index is 0.0182. The Labute approximate surface area is 138 Å². The Hall–Kier alpha value is -1.75. The molecular weight excluding hydrogens is 294 g/mol. The summed E-state index contributed by atoms with van der Waals surface area (Å²) in [6, 6.07) is 7.82. The average molecular weight is 321 g/mol. The highest BCUT2D eigenvalue weighted by Crippen LogP contribution is 2.24. The van der Waals surface area contributed by atoms with Gasteiger partial charge in [0, 0.05) is 19.0 Å². The number of hydrogen-bond acceptors (Lipinski definition) is 4. The van der Waals surface area contributed by atoms with E-state index in [2.05, 4.69) is 0 Å². The van der Waals surface area contributed by atoms with Crippen LogP contribution in [-0.4, -0.2) is 48.0 Å². The molecule has 23 heavy (non-hydrogen) atoms. The van der Waals surface area contributed by atoms with Gasteiger partial charge >= 0.3 is 6.09 Å². The molecule has 5 nitrogen and oxygen atoms in total. The summed E-state index contributed by atoms with van der Waals surface area (Å²) >= 11 is 0. The fourth-order valence-corrected chi connectivity index (χ4v) is 2.78. The van der Waals surface area contributed by atoms with Crippen molar-refractivity contribution < 1.29 is 19.4 Å². The van der Waals surface area contributed by atoms with E-state index in [0.717, 1.165) is 17.7 Å². The van der Waals surface area contributed by atoms with Gasteiger partial charge in [-0.1, -0.05) is 12.1 Å². The number of methoxy groups -OCH3 is 1. The third kappa shape index (κ3) is 5.13. The number of amides is 1. The van der Waals surface area contributed by atoms with Gasteiger partial charge in [0.1, 0.15) is 11.4 Å². The van der Waals surface area contributed by atoms with E-state index in [9.17, 15) is 9.90 Å². The topological polar surface area (TPSA) is 59.0 Å². The number of piperidine rings is 1. The van der Waals surface area contributed by atoms with Crippen molar-refractivity contribution in [3.05, 3.63) is 29.8 Å². The van der Waals surface area contributed by atoms with Gasteiger partial charge in [0.2, 0.25) is 0 Å². The molecule has 128 valence electrons. The lowest BCUT2D eigenvalue weighted by atomic mass is 9.89. The first-order valence-corrected chi connectivity index (χ1v) is 8.07. The normalized spacial score (nSPS) is 21.9. The van der Waals surface area contributed by atoms with Crippen LogP contribution in [0.2, 0.25) is 0 Å². The van der Waals surface area contributed by atoms with Gasteiger partial charge in [-0.2, -0.15) is 0 Å². The lowest BCUT2D eigenvalue weighted by Gasteiger charge is -2.37. The van der Waals surface area contributed by atoms with Gasteiger partial charge in [0.05, 0.1) is 13.2 Å². The summed E-state index contributed by atoms with van der Waals surface area (Å²) in [5.74, 6) is 0.831. The molecule has 1 N–H and O–H groups in total. The molecule has 1 aliphatic heterocycles. The summed E-state index contributed by atoms with van der Waals surface area (Å²) in [6.45, 7) is 6.63. The van der Waals surface area contributed by atoms with Crippen LogP contribution in [0.5, 0.6) is 5.75 Å².